The van der Waals surface area contributed by atoms with Crippen molar-refractivity contribution in [1.29, 1.82) is 0 Å². The van der Waals surface area contributed by atoms with Crippen LogP contribution in [0.1, 0.15) is 23.5 Å². The second-order valence-corrected chi connectivity index (χ2v) is 9.07. The Morgan fingerprint density at radius 3 is 2.62 bits per heavy atom. The lowest BCUT2D eigenvalue weighted by atomic mass is 9.77. The van der Waals surface area contributed by atoms with E-state index in [-0.39, 0.29) is 44.5 Å². The fourth-order valence-electron chi connectivity index (χ4n) is 5.11. The molecule has 1 aliphatic carbocycles. The number of nitrogens with one attached hydrogen (secondary N) is 1. The summed E-state index contributed by atoms with van der Waals surface area (Å²) in [6, 6.07) is 14.2. The average molecular weight is 511 g/mol. The number of carbonyl (C=O) groups excluding carboxylic acids is 2. The molecule has 0 saturated heterocycles. The molecule has 0 aromatic heterocycles. The summed E-state index contributed by atoms with van der Waals surface area (Å²) in [5, 5.41) is 23.5. The summed E-state index contributed by atoms with van der Waals surface area (Å²) >= 11 is 0. The van der Waals surface area contributed by atoms with Crippen molar-refractivity contribution in [1.82, 2.24) is 10.2 Å². The van der Waals surface area contributed by atoms with E-state index in [9.17, 15) is 19.8 Å². The Labute approximate surface area is 216 Å². The molecule has 0 saturated carbocycles. The summed E-state index contributed by atoms with van der Waals surface area (Å²) in [6.45, 7) is 0.408. The summed E-state index contributed by atoms with van der Waals surface area (Å²) in [7, 11) is 3.13. The predicted octanol–water partition coefficient (Wildman–Crippen LogP) is 1.43. The van der Waals surface area contributed by atoms with E-state index in [1.165, 1.54) is 7.11 Å². The number of hydrogen-bond acceptors (Lipinski definition) is 7. The zero-order valence-corrected chi connectivity index (χ0v) is 21.1. The van der Waals surface area contributed by atoms with E-state index < -0.39 is 24.2 Å². The van der Waals surface area contributed by atoms with Gasteiger partial charge in [0.2, 0.25) is 11.8 Å². The van der Waals surface area contributed by atoms with Crippen LogP contribution < -0.4 is 14.8 Å². The molecule has 2 aromatic carbocycles. The first kappa shape index (κ1) is 26.7. The summed E-state index contributed by atoms with van der Waals surface area (Å²) in [4.78, 5) is 28.2. The monoisotopic (exact) mass is 510 g/mol. The minimum absolute atomic E-state index is 0.0908. The highest BCUT2D eigenvalue weighted by Crippen LogP contribution is 2.47. The largest absolute Gasteiger partial charge is 0.496 e. The molecule has 3 N–H and O–H groups in total. The normalized spacial score (nSPS) is 21.8. The Balaban J connectivity index is 1.70. The molecule has 9 heteroatoms. The number of fused-ring (bicyclic) bond motifs is 3. The Bertz CT molecular complexity index is 1140. The number of benzene rings is 2. The van der Waals surface area contributed by atoms with Crippen LogP contribution in [0.3, 0.4) is 0 Å². The predicted molar refractivity (Wildman–Crippen MR) is 136 cm³/mol. The quantitative estimate of drug-likeness (QED) is 0.419. The van der Waals surface area contributed by atoms with Crippen LogP contribution in [0.5, 0.6) is 11.5 Å². The first-order valence-corrected chi connectivity index (χ1v) is 12.4. The highest BCUT2D eigenvalue weighted by atomic mass is 16.5. The van der Waals surface area contributed by atoms with Crippen LogP contribution in [0, 0.1) is 0 Å². The molecular weight excluding hydrogens is 476 g/mol. The van der Waals surface area contributed by atoms with Gasteiger partial charge in [-0.1, -0.05) is 36.4 Å². The van der Waals surface area contributed by atoms with Crippen LogP contribution in [-0.4, -0.2) is 85.7 Å². The molecule has 9 nitrogen and oxygen atoms in total. The van der Waals surface area contributed by atoms with Crippen LogP contribution in [0.4, 0.5) is 0 Å². The van der Waals surface area contributed by atoms with E-state index in [0.29, 0.717) is 23.5 Å². The molecule has 1 aliphatic heterocycles. The van der Waals surface area contributed by atoms with Gasteiger partial charge in [0.05, 0.1) is 38.7 Å². The molecule has 1 heterocycles. The summed E-state index contributed by atoms with van der Waals surface area (Å²) < 4.78 is 16.7. The number of aliphatic hydroxyl groups is 2. The molecule has 2 aromatic rings. The van der Waals surface area contributed by atoms with Crippen LogP contribution in [-0.2, 0) is 20.7 Å². The van der Waals surface area contributed by atoms with Gasteiger partial charge in [-0.25, -0.2) is 0 Å². The molecule has 0 radical (unpaired) electrons. The van der Waals surface area contributed by atoms with Gasteiger partial charge < -0.3 is 34.6 Å². The van der Waals surface area contributed by atoms with Crippen molar-refractivity contribution in [3.63, 3.8) is 0 Å². The van der Waals surface area contributed by atoms with Crippen molar-refractivity contribution in [3.05, 3.63) is 71.3 Å². The van der Waals surface area contributed by atoms with Gasteiger partial charge in [-0.3, -0.25) is 9.59 Å². The van der Waals surface area contributed by atoms with Crippen molar-refractivity contribution in [2.24, 2.45) is 0 Å². The van der Waals surface area contributed by atoms with Crippen molar-refractivity contribution in [3.8, 4) is 11.5 Å². The number of rotatable bonds is 11. The van der Waals surface area contributed by atoms with Gasteiger partial charge in [0.15, 0.2) is 0 Å². The number of carbonyl (C=O) groups is 2. The van der Waals surface area contributed by atoms with Crippen molar-refractivity contribution in [2.75, 3.05) is 40.5 Å². The SMILES string of the molecule is COCCC(=O)N(CCc1ccccc1OC)C1C=C(C(=O)NCCO)C2c3ccccc3OC2C1O. The number of ether oxygens (including phenoxy) is 3. The Morgan fingerprint density at radius 1 is 1.11 bits per heavy atom. The number of amides is 2. The molecule has 0 fully saturated rings. The molecule has 2 amide bonds. The molecule has 37 heavy (non-hydrogen) atoms. The fourth-order valence-corrected chi connectivity index (χ4v) is 5.11. The van der Waals surface area contributed by atoms with Crippen molar-refractivity contribution < 1.29 is 34.0 Å². The van der Waals surface area contributed by atoms with Gasteiger partial charge in [0.25, 0.3) is 0 Å². The highest BCUT2D eigenvalue weighted by Gasteiger charge is 2.50. The average Bonchev–Trinajstić information content (AvgIpc) is 3.32. The van der Waals surface area contributed by atoms with Gasteiger partial charge in [-0.15, -0.1) is 0 Å². The Kier molecular flexibility index (Phi) is 8.81. The zero-order valence-electron chi connectivity index (χ0n) is 21.1. The second kappa shape index (κ2) is 12.2. The van der Waals surface area contributed by atoms with Gasteiger partial charge in [0.1, 0.15) is 23.7 Å². The maximum Gasteiger partial charge on any atom is 0.247 e. The molecule has 2 aliphatic rings. The lowest BCUT2D eigenvalue weighted by Gasteiger charge is -2.41. The fraction of sp³-hybridized carbons (Fsp3) is 0.429. The van der Waals surface area contributed by atoms with Gasteiger partial charge in [-0.05, 0) is 30.2 Å². The molecular formula is C28H34N2O7. The zero-order chi connectivity index (χ0) is 26.4. The maximum atomic E-state index is 13.4. The van der Waals surface area contributed by atoms with Gasteiger partial charge >= 0.3 is 0 Å². The highest BCUT2D eigenvalue weighted by molar-refractivity contribution is 5.96. The van der Waals surface area contributed by atoms with Gasteiger partial charge in [0, 0.05) is 31.3 Å². The van der Waals surface area contributed by atoms with Gasteiger partial charge in [-0.2, -0.15) is 0 Å². The number of nitrogens with zero attached hydrogens (tertiary/aromatic N) is 1. The van der Waals surface area contributed by atoms with Crippen molar-refractivity contribution in [2.45, 2.75) is 37.0 Å². The number of methoxy groups -OCH3 is 2. The van der Waals surface area contributed by atoms with E-state index in [1.807, 2.05) is 48.5 Å². The molecule has 0 spiro atoms. The molecule has 198 valence electrons. The number of para-hydroxylation sites is 2. The van der Waals surface area contributed by atoms with E-state index in [0.717, 1.165) is 11.1 Å². The summed E-state index contributed by atoms with van der Waals surface area (Å²) in [6.07, 6.45) is 0.473. The molecule has 4 rings (SSSR count). The Morgan fingerprint density at radius 2 is 1.86 bits per heavy atom. The van der Waals surface area contributed by atoms with Crippen LogP contribution in [0.2, 0.25) is 0 Å². The van der Waals surface area contributed by atoms with Crippen LogP contribution in [0.15, 0.2) is 60.2 Å². The third-order valence-electron chi connectivity index (χ3n) is 6.89. The third kappa shape index (κ3) is 5.64. The van der Waals surface area contributed by atoms with Crippen LogP contribution >= 0.6 is 0 Å². The minimum Gasteiger partial charge on any atom is -0.496 e. The summed E-state index contributed by atoms with van der Waals surface area (Å²) in [5.74, 6) is 0.247. The van der Waals surface area contributed by atoms with E-state index >= 15 is 0 Å². The lowest BCUT2D eigenvalue weighted by molar-refractivity contribution is -0.138. The van der Waals surface area contributed by atoms with Crippen LogP contribution in [0.25, 0.3) is 0 Å². The van der Waals surface area contributed by atoms with E-state index in [1.54, 1.807) is 18.1 Å². The third-order valence-corrected chi connectivity index (χ3v) is 6.89. The standard InChI is InChI=1S/C28H34N2O7/c1-35-16-12-24(32)30(14-11-18-7-3-5-9-22(18)36-2)21-17-20(28(34)29-13-15-31)25-19-8-4-6-10-23(19)37-27(25)26(21)33/h3-10,17,21,25-27,31,33H,11-16H2,1-2H3,(H,29,34). The smallest absolute Gasteiger partial charge is 0.247 e. The second-order valence-electron chi connectivity index (χ2n) is 9.07. The lowest BCUT2D eigenvalue weighted by Crippen LogP contribution is -2.56. The van der Waals surface area contributed by atoms with Crippen molar-refractivity contribution >= 4 is 11.8 Å². The summed E-state index contributed by atoms with van der Waals surface area (Å²) in [5.41, 5.74) is 2.13. The first-order valence-electron chi connectivity index (χ1n) is 12.4. The first-order chi connectivity index (χ1) is 18.0. The maximum absolute atomic E-state index is 13.4. The minimum atomic E-state index is -1.07. The molecule has 4 atom stereocenters. The molecule has 4 unspecified atom stereocenters. The molecule has 0 bridgehead atoms. The topological polar surface area (TPSA) is 118 Å². The number of hydrogen-bond donors (Lipinski definition) is 3. The number of aliphatic hydroxyl groups excluding tert-OH is 2. The Hall–Kier alpha value is -3.40. The van der Waals surface area contributed by atoms with E-state index in [4.69, 9.17) is 14.2 Å². The van der Waals surface area contributed by atoms with E-state index in [2.05, 4.69) is 5.32 Å².